The Morgan fingerprint density at radius 1 is 1.53 bits per heavy atom. The molecule has 0 radical (unpaired) electrons. The van der Waals surface area contributed by atoms with Crippen LogP contribution in [0.1, 0.15) is 12.2 Å². The van der Waals surface area contributed by atoms with Crippen molar-refractivity contribution in [3.05, 3.63) is 24.8 Å². The summed E-state index contributed by atoms with van der Waals surface area (Å²) in [6.45, 7) is 3.69. The molecule has 0 aliphatic carbocycles. The SMILES string of the molecule is C=CCCc1nc2c(N)ncnc2n1C. The summed E-state index contributed by atoms with van der Waals surface area (Å²) in [5, 5.41) is 0. The van der Waals surface area contributed by atoms with Crippen LogP contribution < -0.4 is 5.73 Å². The molecule has 2 N–H and O–H groups in total. The molecule has 5 heteroatoms. The molecule has 2 rings (SSSR count). The number of imidazole rings is 1. The Balaban J connectivity index is 2.53. The third-order valence-electron chi connectivity index (χ3n) is 2.35. The van der Waals surface area contributed by atoms with Crippen molar-refractivity contribution in [3.63, 3.8) is 0 Å². The number of hydrogen-bond donors (Lipinski definition) is 1. The predicted molar refractivity (Wildman–Crippen MR) is 59.2 cm³/mol. The molecule has 0 atom stereocenters. The molecule has 0 aliphatic rings. The first-order valence-corrected chi connectivity index (χ1v) is 4.76. The summed E-state index contributed by atoms with van der Waals surface area (Å²) < 4.78 is 1.94. The van der Waals surface area contributed by atoms with Gasteiger partial charge in [0.2, 0.25) is 0 Å². The molecular weight excluding hydrogens is 190 g/mol. The van der Waals surface area contributed by atoms with Crippen molar-refractivity contribution in [1.82, 2.24) is 19.5 Å². The van der Waals surface area contributed by atoms with Gasteiger partial charge in [-0.1, -0.05) is 6.08 Å². The van der Waals surface area contributed by atoms with Crippen LogP contribution in [0.2, 0.25) is 0 Å². The molecule has 0 saturated heterocycles. The van der Waals surface area contributed by atoms with Gasteiger partial charge in [-0.15, -0.1) is 6.58 Å². The number of nitrogens with zero attached hydrogens (tertiary/aromatic N) is 4. The smallest absolute Gasteiger partial charge is 0.165 e. The van der Waals surface area contributed by atoms with Gasteiger partial charge in [-0.25, -0.2) is 15.0 Å². The zero-order valence-corrected chi connectivity index (χ0v) is 8.64. The second-order valence-electron chi connectivity index (χ2n) is 3.35. The van der Waals surface area contributed by atoms with Crippen LogP contribution in [0.3, 0.4) is 0 Å². The molecule has 0 amide bonds. The number of allylic oxidation sites excluding steroid dienone is 1. The van der Waals surface area contributed by atoms with E-state index in [0.29, 0.717) is 11.3 Å². The number of fused-ring (bicyclic) bond motifs is 1. The number of anilines is 1. The lowest BCUT2D eigenvalue weighted by atomic mass is 10.3. The van der Waals surface area contributed by atoms with Crippen molar-refractivity contribution in [2.75, 3.05) is 5.73 Å². The Hall–Kier alpha value is -1.91. The normalized spacial score (nSPS) is 10.7. The van der Waals surface area contributed by atoms with Gasteiger partial charge in [0, 0.05) is 13.5 Å². The molecule has 2 aromatic rings. The summed E-state index contributed by atoms with van der Waals surface area (Å²) >= 11 is 0. The van der Waals surface area contributed by atoms with E-state index in [4.69, 9.17) is 5.73 Å². The summed E-state index contributed by atoms with van der Waals surface area (Å²) in [6.07, 6.45) is 5.06. The molecular formula is C10H13N5. The van der Waals surface area contributed by atoms with Gasteiger partial charge in [0.05, 0.1) is 0 Å². The Bertz CT molecular complexity index is 500. The molecule has 0 aromatic carbocycles. The lowest BCUT2D eigenvalue weighted by Gasteiger charge is -1.98. The summed E-state index contributed by atoms with van der Waals surface area (Å²) in [5.41, 5.74) is 7.18. The molecule has 0 saturated carbocycles. The van der Waals surface area contributed by atoms with Crippen LogP contribution in [0.4, 0.5) is 5.82 Å². The third-order valence-corrected chi connectivity index (χ3v) is 2.35. The van der Waals surface area contributed by atoms with Crippen LogP contribution in [-0.2, 0) is 13.5 Å². The Morgan fingerprint density at radius 2 is 2.33 bits per heavy atom. The standard InChI is InChI=1S/C10H13N5/c1-3-4-5-7-14-8-9(11)12-6-13-10(8)15(7)2/h3,6H,1,4-5H2,2H3,(H2,11,12,13). The average molecular weight is 203 g/mol. The number of aromatic nitrogens is 4. The van der Waals surface area contributed by atoms with Gasteiger partial charge in [-0.05, 0) is 6.42 Å². The Morgan fingerprint density at radius 3 is 3.00 bits per heavy atom. The molecule has 5 nitrogen and oxygen atoms in total. The van der Waals surface area contributed by atoms with E-state index in [9.17, 15) is 0 Å². The number of hydrogen-bond acceptors (Lipinski definition) is 4. The first-order valence-electron chi connectivity index (χ1n) is 4.76. The lowest BCUT2D eigenvalue weighted by molar-refractivity contribution is 0.792. The monoisotopic (exact) mass is 203 g/mol. The summed E-state index contributed by atoms with van der Waals surface area (Å²) in [6, 6.07) is 0. The summed E-state index contributed by atoms with van der Waals surface area (Å²) in [5.74, 6) is 1.39. The van der Waals surface area contributed by atoms with Gasteiger partial charge in [-0.2, -0.15) is 0 Å². The van der Waals surface area contributed by atoms with Gasteiger partial charge in [0.1, 0.15) is 12.2 Å². The average Bonchev–Trinajstić information content (AvgIpc) is 2.55. The van der Waals surface area contributed by atoms with Gasteiger partial charge < -0.3 is 10.3 Å². The number of nitrogen functional groups attached to an aromatic ring is 1. The Labute approximate surface area is 87.7 Å². The van der Waals surface area contributed by atoms with E-state index in [2.05, 4.69) is 21.5 Å². The van der Waals surface area contributed by atoms with E-state index in [1.165, 1.54) is 6.33 Å². The highest BCUT2D eigenvalue weighted by molar-refractivity contribution is 5.81. The summed E-state index contributed by atoms with van der Waals surface area (Å²) in [7, 11) is 1.93. The van der Waals surface area contributed by atoms with E-state index in [-0.39, 0.29) is 0 Å². The molecule has 2 heterocycles. The maximum atomic E-state index is 5.72. The highest BCUT2D eigenvalue weighted by Gasteiger charge is 2.10. The van der Waals surface area contributed by atoms with Gasteiger partial charge >= 0.3 is 0 Å². The van der Waals surface area contributed by atoms with Gasteiger partial charge in [-0.3, -0.25) is 0 Å². The molecule has 0 bridgehead atoms. The van der Waals surface area contributed by atoms with Crippen LogP contribution in [0.5, 0.6) is 0 Å². The fourth-order valence-electron chi connectivity index (χ4n) is 1.52. The highest BCUT2D eigenvalue weighted by atomic mass is 15.1. The highest BCUT2D eigenvalue weighted by Crippen LogP contribution is 2.17. The minimum absolute atomic E-state index is 0.431. The number of aryl methyl sites for hydroxylation is 2. The molecule has 2 aromatic heterocycles. The third kappa shape index (κ3) is 1.56. The fraction of sp³-hybridized carbons (Fsp3) is 0.300. The van der Waals surface area contributed by atoms with Crippen LogP contribution in [0.15, 0.2) is 19.0 Å². The quantitative estimate of drug-likeness (QED) is 0.757. The van der Waals surface area contributed by atoms with Crippen LogP contribution in [-0.4, -0.2) is 19.5 Å². The zero-order valence-electron chi connectivity index (χ0n) is 8.64. The molecule has 0 spiro atoms. The second kappa shape index (κ2) is 3.68. The maximum Gasteiger partial charge on any atom is 0.165 e. The van der Waals surface area contributed by atoms with E-state index < -0.39 is 0 Å². The largest absolute Gasteiger partial charge is 0.382 e. The lowest BCUT2D eigenvalue weighted by Crippen LogP contribution is -1.98. The fourth-order valence-corrected chi connectivity index (χ4v) is 1.52. The minimum atomic E-state index is 0.431. The maximum absolute atomic E-state index is 5.72. The van der Waals surface area contributed by atoms with Crippen molar-refractivity contribution in [3.8, 4) is 0 Å². The van der Waals surface area contributed by atoms with Gasteiger partial charge in [0.25, 0.3) is 0 Å². The molecule has 0 unspecified atom stereocenters. The van der Waals surface area contributed by atoms with E-state index in [1.54, 1.807) is 0 Å². The minimum Gasteiger partial charge on any atom is -0.382 e. The van der Waals surface area contributed by atoms with Crippen molar-refractivity contribution >= 4 is 17.0 Å². The van der Waals surface area contributed by atoms with Crippen LogP contribution in [0, 0.1) is 0 Å². The van der Waals surface area contributed by atoms with Crippen molar-refractivity contribution < 1.29 is 0 Å². The van der Waals surface area contributed by atoms with Crippen molar-refractivity contribution in [1.29, 1.82) is 0 Å². The number of rotatable bonds is 3. The molecule has 0 fully saturated rings. The Kier molecular flexibility index (Phi) is 2.37. The topological polar surface area (TPSA) is 69.6 Å². The van der Waals surface area contributed by atoms with Crippen LogP contribution >= 0.6 is 0 Å². The second-order valence-corrected chi connectivity index (χ2v) is 3.35. The van der Waals surface area contributed by atoms with Crippen molar-refractivity contribution in [2.24, 2.45) is 7.05 Å². The molecule has 0 aliphatic heterocycles. The number of nitrogens with two attached hydrogens (primary N) is 1. The first kappa shape index (κ1) is 9.64. The molecule has 78 valence electrons. The van der Waals surface area contributed by atoms with Crippen molar-refractivity contribution in [2.45, 2.75) is 12.8 Å². The van der Waals surface area contributed by atoms with E-state index >= 15 is 0 Å². The predicted octanol–water partition coefficient (Wildman–Crippen LogP) is 1.06. The van der Waals surface area contributed by atoms with Gasteiger partial charge in [0.15, 0.2) is 17.0 Å². The summed E-state index contributed by atoms with van der Waals surface area (Å²) in [4.78, 5) is 12.5. The van der Waals surface area contributed by atoms with Crippen LogP contribution in [0.25, 0.3) is 11.2 Å². The van der Waals surface area contributed by atoms with E-state index in [1.807, 2.05) is 17.7 Å². The first-order chi connectivity index (χ1) is 7.24. The molecule has 15 heavy (non-hydrogen) atoms. The van der Waals surface area contributed by atoms with E-state index in [0.717, 1.165) is 24.3 Å². The zero-order chi connectivity index (χ0) is 10.8.